The van der Waals surface area contributed by atoms with E-state index in [9.17, 15) is 14.7 Å². The lowest BCUT2D eigenvalue weighted by Gasteiger charge is -2.28. The summed E-state index contributed by atoms with van der Waals surface area (Å²) in [5.41, 5.74) is 2.23. The molecule has 1 fully saturated rings. The molecule has 1 saturated carbocycles. The van der Waals surface area contributed by atoms with Crippen molar-refractivity contribution in [3.63, 3.8) is 0 Å². The number of nitrogens with zero attached hydrogens (tertiary/aromatic N) is 1. The fourth-order valence-electron chi connectivity index (χ4n) is 4.92. The van der Waals surface area contributed by atoms with Crippen molar-refractivity contribution in [1.29, 1.82) is 0 Å². The summed E-state index contributed by atoms with van der Waals surface area (Å²) in [7, 11) is 0. The van der Waals surface area contributed by atoms with Gasteiger partial charge in [0.25, 0.3) is 5.56 Å². The van der Waals surface area contributed by atoms with Crippen LogP contribution in [0.5, 0.6) is 5.88 Å². The van der Waals surface area contributed by atoms with Gasteiger partial charge in [-0.3, -0.25) is 14.3 Å². The van der Waals surface area contributed by atoms with Crippen molar-refractivity contribution in [3.05, 3.63) is 61.9 Å². The van der Waals surface area contributed by atoms with E-state index in [1.165, 1.54) is 4.57 Å². The van der Waals surface area contributed by atoms with Crippen LogP contribution in [0.25, 0.3) is 10.9 Å². The number of hydrogen-bond acceptors (Lipinski definition) is 4. The average molecular weight is 380 g/mol. The Kier molecular flexibility index (Phi) is 4.12. The molecule has 1 atom stereocenters. The van der Waals surface area contributed by atoms with Crippen LogP contribution in [0.1, 0.15) is 61.0 Å². The second-order valence-corrected chi connectivity index (χ2v) is 7.86. The molecule has 7 nitrogen and oxygen atoms in total. The van der Waals surface area contributed by atoms with E-state index in [1.54, 1.807) is 0 Å². The molecule has 3 aromatic rings. The first-order valence-corrected chi connectivity index (χ1v) is 10.1. The molecule has 2 aromatic heterocycles. The van der Waals surface area contributed by atoms with Crippen molar-refractivity contribution in [2.75, 3.05) is 6.54 Å². The van der Waals surface area contributed by atoms with Crippen molar-refractivity contribution in [1.82, 2.24) is 19.9 Å². The maximum atomic E-state index is 12.7. The molecule has 1 aliphatic heterocycles. The van der Waals surface area contributed by atoms with Gasteiger partial charge in [-0.25, -0.2) is 4.79 Å². The summed E-state index contributed by atoms with van der Waals surface area (Å²) < 4.78 is 1.40. The molecule has 1 aliphatic carbocycles. The molecule has 5 rings (SSSR count). The lowest BCUT2D eigenvalue weighted by atomic mass is 9.93. The topological polar surface area (TPSA) is 103 Å². The van der Waals surface area contributed by atoms with Crippen LogP contribution in [0.4, 0.5) is 0 Å². The molecule has 0 amide bonds. The lowest BCUT2D eigenvalue weighted by Crippen LogP contribution is -2.40. The third-order valence-electron chi connectivity index (χ3n) is 6.24. The first kappa shape index (κ1) is 17.3. The van der Waals surface area contributed by atoms with Crippen LogP contribution in [0, 0.1) is 0 Å². The average Bonchev–Trinajstić information content (AvgIpc) is 3.08. The summed E-state index contributed by atoms with van der Waals surface area (Å²) in [4.78, 5) is 31.1. The SMILES string of the molecule is O=c1[nH]c(=O)n(C2CCCCC2)c(O)c1[C@@H]1NCCc2c1[nH]c1ccccc21. The Labute approximate surface area is 161 Å². The minimum atomic E-state index is -0.529. The predicted octanol–water partition coefficient (Wildman–Crippen LogP) is 2.46. The van der Waals surface area contributed by atoms with E-state index in [0.29, 0.717) is 6.54 Å². The molecule has 0 spiro atoms. The Morgan fingerprint density at radius 1 is 1.04 bits per heavy atom. The summed E-state index contributed by atoms with van der Waals surface area (Å²) in [6.45, 7) is 0.695. The molecule has 1 aromatic carbocycles. The number of rotatable bonds is 2. The fourth-order valence-corrected chi connectivity index (χ4v) is 4.92. The Balaban J connectivity index is 1.69. The molecule has 0 unspecified atom stereocenters. The zero-order valence-corrected chi connectivity index (χ0v) is 15.6. The normalized spacial score (nSPS) is 20.4. The quantitative estimate of drug-likeness (QED) is 0.548. The summed E-state index contributed by atoms with van der Waals surface area (Å²) in [5, 5.41) is 15.5. The summed E-state index contributed by atoms with van der Waals surface area (Å²) in [6.07, 6.45) is 5.72. The van der Waals surface area contributed by atoms with Crippen LogP contribution in [0.15, 0.2) is 33.9 Å². The Morgan fingerprint density at radius 3 is 2.64 bits per heavy atom. The molecule has 146 valence electrons. The number of aromatic hydroxyl groups is 1. The van der Waals surface area contributed by atoms with Crippen LogP contribution in [-0.4, -0.2) is 26.2 Å². The summed E-state index contributed by atoms with van der Waals surface area (Å²) in [5.74, 6) is -0.204. The highest BCUT2D eigenvalue weighted by Crippen LogP contribution is 2.36. The van der Waals surface area contributed by atoms with Crippen LogP contribution in [-0.2, 0) is 6.42 Å². The van der Waals surface area contributed by atoms with Crippen LogP contribution in [0.3, 0.4) is 0 Å². The van der Waals surface area contributed by atoms with Gasteiger partial charge in [-0.05, 0) is 30.9 Å². The molecule has 3 heterocycles. The van der Waals surface area contributed by atoms with Gasteiger partial charge >= 0.3 is 5.69 Å². The van der Waals surface area contributed by atoms with Gasteiger partial charge in [0.2, 0.25) is 5.88 Å². The Morgan fingerprint density at radius 2 is 1.82 bits per heavy atom. The van der Waals surface area contributed by atoms with Crippen molar-refractivity contribution >= 4 is 10.9 Å². The molecule has 0 bridgehead atoms. The van der Waals surface area contributed by atoms with Gasteiger partial charge in [-0.15, -0.1) is 0 Å². The number of fused-ring (bicyclic) bond motifs is 3. The van der Waals surface area contributed by atoms with Gasteiger partial charge in [0, 0.05) is 29.2 Å². The van der Waals surface area contributed by atoms with Gasteiger partial charge in [-0.2, -0.15) is 0 Å². The minimum Gasteiger partial charge on any atom is -0.494 e. The summed E-state index contributed by atoms with van der Waals surface area (Å²) in [6, 6.07) is 7.51. The minimum absolute atomic E-state index is 0.0670. The standard InChI is InChI=1S/C21H24N4O3/c26-19-16(20(27)25(21(28)24-19)12-6-2-1-3-7-12)18-17-14(10-11-22-18)13-8-4-5-9-15(13)23-17/h4-5,8-9,12,18,22-23,27H,1-3,6-7,10-11H2,(H,24,26,28)/t18-/m0/s1. The van der Waals surface area contributed by atoms with Gasteiger partial charge in [0.1, 0.15) is 5.56 Å². The Bertz CT molecular complexity index is 1150. The van der Waals surface area contributed by atoms with Crippen molar-refractivity contribution in [2.45, 2.75) is 50.6 Å². The van der Waals surface area contributed by atoms with E-state index in [4.69, 9.17) is 0 Å². The van der Waals surface area contributed by atoms with E-state index in [-0.39, 0.29) is 17.5 Å². The number of benzene rings is 1. The first-order valence-electron chi connectivity index (χ1n) is 10.1. The van der Waals surface area contributed by atoms with Crippen LogP contribution < -0.4 is 16.6 Å². The lowest BCUT2D eigenvalue weighted by molar-refractivity contribution is 0.293. The molecule has 0 radical (unpaired) electrons. The van der Waals surface area contributed by atoms with Crippen LogP contribution in [0.2, 0.25) is 0 Å². The van der Waals surface area contributed by atoms with E-state index < -0.39 is 17.3 Å². The van der Waals surface area contributed by atoms with Gasteiger partial charge in [-0.1, -0.05) is 37.5 Å². The highest BCUT2D eigenvalue weighted by molar-refractivity contribution is 5.85. The number of hydrogen-bond donors (Lipinski definition) is 4. The van der Waals surface area contributed by atoms with Crippen molar-refractivity contribution in [3.8, 4) is 5.88 Å². The second-order valence-electron chi connectivity index (χ2n) is 7.86. The zero-order chi connectivity index (χ0) is 19.3. The summed E-state index contributed by atoms with van der Waals surface area (Å²) >= 11 is 0. The first-order chi connectivity index (χ1) is 13.6. The molecular formula is C21H24N4O3. The third-order valence-corrected chi connectivity index (χ3v) is 6.24. The number of aromatic amines is 2. The maximum Gasteiger partial charge on any atom is 0.331 e. The number of nitrogens with one attached hydrogen (secondary N) is 3. The highest BCUT2D eigenvalue weighted by atomic mass is 16.3. The van der Waals surface area contributed by atoms with E-state index in [2.05, 4.69) is 21.4 Å². The van der Waals surface area contributed by atoms with E-state index in [1.807, 2.05) is 18.2 Å². The maximum absolute atomic E-state index is 12.7. The smallest absolute Gasteiger partial charge is 0.331 e. The van der Waals surface area contributed by atoms with E-state index in [0.717, 1.165) is 60.7 Å². The molecule has 7 heteroatoms. The molecule has 4 N–H and O–H groups in total. The third kappa shape index (κ3) is 2.61. The Hall–Kier alpha value is -2.80. The number of aromatic nitrogens is 3. The highest BCUT2D eigenvalue weighted by Gasteiger charge is 2.32. The van der Waals surface area contributed by atoms with Crippen molar-refractivity contribution < 1.29 is 5.11 Å². The predicted molar refractivity (Wildman–Crippen MR) is 107 cm³/mol. The number of H-pyrrole nitrogens is 2. The second kappa shape index (κ2) is 6.67. The van der Waals surface area contributed by atoms with Crippen LogP contribution >= 0.6 is 0 Å². The zero-order valence-electron chi connectivity index (χ0n) is 15.6. The van der Waals surface area contributed by atoms with Gasteiger partial charge in [0.05, 0.1) is 6.04 Å². The van der Waals surface area contributed by atoms with Gasteiger partial charge in [0.15, 0.2) is 0 Å². The molecule has 0 saturated heterocycles. The number of para-hydroxylation sites is 1. The fraction of sp³-hybridized carbons (Fsp3) is 0.429. The monoisotopic (exact) mass is 380 g/mol. The molecule has 2 aliphatic rings. The van der Waals surface area contributed by atoms with Gasteiger partial charge < -0.3 is 15.4 Å². The van der Waals surface area contributed by atoms with Crippen molar-refractivity contribution in [2.24, 2.45) is 0 Å². The molecular weight excluding hydrogens is 356 g/mol. The molecule has 28 heavy (non-hydrogen) atoms. The van der Waals surface area contributed by atoms with E-state index >= 15 is 0 Å². The largest absolute Gasteiger partial charge is 0.494 e.